The van der Waals surface area contributed by atoms with E-state index in [0.717, 1.165) is 6.20 Å². The number of nitrogens with one attached hydrogen (secondary N) is 1. The van der Waals surface area contributed by atoms with E-state index in [2.05, 4.69) is 21.0 Å². The third kappa shape index (κ3) is 1.78. The number of hydrogen-bond acceptors (Lipinski definition) is 2. The highest BCUT2D eigenvalue weighted by Gasteiger charge is 2.41. The van der Waals surface area contributed by atoms with Crippen LogP contribution >= 0.6 is 15.9 Å². The Bertz CT molecular complexity index is 272. The van der Waals surface area contributed by atoms with Crippen LogP contribution in [0.4, 0.5) is 13.2 Å². The molecule has 0 aliphatic carbocycles. The fourth-order valence-electron chi connectivity index (χ4n) is 0.637. The second kappa shape index (κ2) is 3.06. The van der Waals surface area contributed by atoms with Gasteiger partial charge in [0.25, 0.3) is 0 Å². The predicted molar refractivity (Wildman–Crippen MR) is 37.3 cm³/mol. The van der Waals surface area contributed by atoms with Crippen molar-refractivity contribution >= 4 is 15.9 Å². The second-order valence-corrected chi connectivity index (χ2v) is 2.93. The van der Waals surface area contributed by atoms with E-state index in [9.17, 15) is 13.2 Å². The van der Waals surface area contributed by atoms with E-state index >= 15 is 0 Å². The van der Waals surface area contributed by atoms with Crippen LogP contribution in [0.15, 0.2) is 10.7 Å². The van der Waals surface area contributed by atoms with Crippen molar-refractivity contribution in [3.05, 3.63) is 16.4 Å². The van der Waals surface area contributed by atoms with Gasteiger partial charge in [0, 0.05) is 0 Å². The zero-order valence-electron chi connectivity index (χ0n) is 5.56. The van der Waals surface area contributed by atoms with Crippen molar-refractivity contribution in [2.45, 2.75) is 12.3 Å². The van der Waals surface area contributed by atoms with E-state index in [1.807, 2.05) is 5.10 Å². The summed E-state index contributed by atoms with van der Waals surface area (Å²) in [6.45, 7) is 0. The molecule has 0 bridgehead atoms. The summed E-state index contributed by atoms with van der Waals surface area (Å²) in [5, 5.41) is 14.1. The molecule has 0 aromatic carbocycles. The van der Waals surface area contributed by atoms with Gasteiger partial charge in [0.15, 0.2) is 6.10 Å². The molecule has 2 N–H and O–H groups in total. The van der Waals surface area contributed by atoms with Crippen molar-refractivity contribution < 1.29 is 18.3 Å². The van der Waals surface area contributed by atoms with E-state index < -0.39 is 12.3 Å². The topological polar surface area (TPSA) is 48.9 Å². The van der Waals surface area contributed by atoms with Crippen molar-refractivity contribution in [1.29, 1.82) is 0 Å². The van der Waals surface area contributed by atoms with Gasteiger partial charge in [-0.1, -0.05) is 0 Å². The molecular formula is C5H4BrF3N2O. The second-order valence-electron chi connectivity index (χ2n) is 2.08. The maximum absolute atomic E-state index is 11.9. The van der Waals surface area contributed by atoms with Gasteiger partial charge in [0.2, 0.25) is 0 Å². The van der Waals surface area contributed by atoms with Crippen LogP contribution in [0.5, 0.6) is 0 Å². The number of halogens is 4. The number of aromatic amines is 1. The third-order valence-electron chi connectivity index (χ3n) is 1.20. The summed E-state index contributed by atoms with van der Waals surface area (Å²) in [4.78, 5) is 0. The zero-order valence-corrected chi connectivity index (χ0v) is 7.15. The molecule has 0 spiro atoms. The van der Waals surface area contributed by atoms with Crippen LogP contribution in [0.2, 0.25) is 0 Å². The largest absolute Gasteiger partial charge is 0.420 e. The highest BCUT2D eigenvalue weighted by atomic mass is 79.9. The lowest BCUT2D eigenvalue weighted by Crippen LogP contribution is -2.20. The fraction of sp³-hybridized carbons (Fsp3) is 0.400. The molecule has 0 fully saturated rings. The molecule has 0 radical (unpaired) electrons. The summed E-state index contributed by atoms with van der Waals surface area (Å²) in [6, 6.07) is 0. The molecule has 1 aromatic heterocycles. The number of aliphatic hydroxyl groups is 1. The van der Waals surface area contributed by atoms with Crippen molar-refractivity contribution in [3.8, 4) is 0 Å². The van der Waals surface area contributed by atoms with Gasteiger partial charge in [0.1, 0.15) is 0 Å². The molecule has 0 unspecified atom stereocenters. The molecule has 1 aromatic rings. The van der Waals surface area contributed by atoms with Gasteiger partial charge < -0.3 is 5.11 Å². The van der Waals surface area contributed by atoms with Gasteiger partial charge >= 0.3 is 6.18 Å². The number of alkyl halides is 3. The van der Waals surface area contributed by atoms with Crippen LogP contribution in [-0.4, -0.2) is 21.5 Å². The summed E-state index contributed by atoms with van der Waals surface area (Å²) in [6.07, 6.45) is -6.05. The van der Waals surface area contributed by atoms with Gasteiger partial charge in [-0.2, -0.15) is 18.3 Å². The quantitative estimate of drug-likeness (QED) is 0.791. The summed E-state index contributed by atoms with van der Waals surface area (Å²) < 4.78 is 35.7. The molecule has 0 amide bonds. The molecule has 0 saturated carbocycles. The molecule has 12 heavy (non-hydrogen) atoms. The summed E-state index contributed by atoms with van der Waals surface area (Å²) in [5.41, 5.74) is -0.387. The molecule has 1 heterocycles. The first-order valence-electron chi connectivity index (χ1n) is 2.86. The number of H-pyrrole nitrogens is 1. The lowest BCUT2D eigenvalue weighted by Gasteiger charge is -2.12. The first-order chi connectivity index (χ1) is 5.43. The number of aromatic nitrogens is 2. The standard InChI is InChI=1S/C5H4BrF3N2O/c6-2-1-10-11-3(2)4(12)5(7,8)9/h1,4,12H,(H,10,11)/t4-/m0/s1. The Labute approximate surface area is 73.7 Å². The van der Waals surface area contributed by atoms with E-state index in [4.69, 9.17) is 5.11 Å². The maximum atomic E-state index is 11.9. The minimum atomic E-state index is -4.67. The Morgan fingerprint density at radius 3 is 2.50 bits per heavy atom. The van der Waals surface area contributed by atoms with Crippen LogP contribution in [-0.2, 0) is 0 Å². The van der Waals surface area contributed by atoms with Crippen molar-refractivity contribution in [2.75, 3.05) is 0 Å². The van der Waals surface area contributed by atoms with E-state index in [1.54, 1.807) is 0 Å². The molecule has 1 rings (SSSR count). The highest BCUT2D eigenvalue weighted by molar-refractivity contribution is 9.10. The molecular weight excluding hydrogens is 241 g/mol. The zero-order chi connectivity index (χ0) is 9.35. The predicted octanol–water partition coefficient (Wildman–Crippen LogP) is 1.77. The van der Waals surface area contributed by atoms with Gasteiger partial charge in [0.05, 0.1) is 16.4 Å². The van der Waals surface area contributed by atoms with E-state index in [1.165, 1.54) is 0 Å². The number of rotatable bonds is 1. The average Bonchev–Trinajstić information content (AvgIpc) is 2.31. The van der Waals surface area contributed by atoms with Crippen LogP contribution in [0.3, 0.4) is 0 Å². The van der Waals surface area contributed by atoms with Gasteiger partial charge in [-0.3, -0.25) is 5.10 Å². The van der Waals surface area contributed by atoms with Crippen molar-refractivity contribution in [2.24, 2.45) is 0 Å². The van der Waals surface area contributed by atoms with Crippen LogP contribution in [0, 0.1) is 0 Å². The third-order valence-corrected chi connectivity index (χ3v) is 1.84. The van der Waals surface area contributed by atoms with Gasteiger partial charge in [-0.25, -0.2) is 0 Å². The average molecular weight is 245 g/mol. The van der Waals surface area contributed by atoms with Crippen molar-refractivity contribution in [3.63, 3.8) is 0 Å². The number of nitrogens with zero attached hydrogens (tertiary/aromatic N) is 1. The summed E-state index contributed by atoms with van der Waals surface area (Å²) in [5.74, 6) is 0. The van der Waals surface area contributed by atoms with Crippen LogP contribution in [0.25, 0.3) is 0 Å². The van der Waals surface area contributed by atoms with Crippen LogP contribution < -0.4 is 0 Å². The number of hydrogen-bond donors (Lipinski definition) is 2. The molecule has 68 valence electrons. The Morgan fingerprint density at radius 2 is 2.17 bits per heavy atom. The molecule has 0 aliphatic rings. The smallest absolute Gasteiger partial charge is 0.378 e. The van der Waals surface area contributed by atoms with Crippen molar-refractivity contribution in [1.82, 2.24) is 10.2 Å². The minimum Gasteiger partial charge on any atom is -0.378 e. The molecule has 7 heteroatoms. The lowest BCUT2D eigenvalue weighted by atomic mass is 10.2. The Balaban J connectivity index is 2.92. The Morgan fingerprint density at radius 1 is 1.58 bits per heavy atom. The van der Waals surface area contributed by atoms with E-state index in [-0.39, 0.29) is 10.2 Å². The summed E-state index contributed by atoms with van der Waals surface area (Å²) in [7, 11) is 0. The van der Waals surface area contributed by atoms with Gasteiger partial charge in [-0.15, -0.1) is 0 Å². The van der Waals surface area contributed by atoms with E-state index in [0.29, 0.717) is 0 Å². The molecule has 1 atom stereocenters. The molecule has 3 nitrogen and oxygen atoms in total. The Kier molecular flexibility index (Phi) is 2.43. The SMILES string of the molecule is O[C@@H](c1[nH]ncc1Br)C(F)(F)F. The first-order valence-corrected chi connectivity index (χ1v) is 3.65. The maximum Gasteiger partial charge on any atom is 0.420 e. The fourth-order valence-corrected chi connectivity index (χ4v) is 1.04. The minimum absolute atomic E-state index is 0.104. The molecule has 0 aliphatic heterocycles. The molecule has 0 saturated heterocycles. The summed E-state index contributed by atoms with van der Waals surface area (Å²) >= 11 is 2.81. The Hall–Kier alpha value is -0.560. The normalized spacial score (nSPS) is 14.8. The monoisotopic (exact) mass is 244 g/mol. The van der Waals surface area contributed by atoms with Gasteiger partial charge in [-0.05, 0) is 15.9 Å². The number of aliphatic hydroxyl groups excluding tert-OH is 1. The van der Waals surface area contributed by atoms with Crippen LogP contribution in [0.1, 0.15) is 11.8 Å². The first kappa shape index (κ1) is 9.53. The lowest BCUT2D eigenvalue weighted by molar-refractivity contribution is -0.208. The highest BCUT2D eigenvalue weighted by Crippen LogP contribution is 2.34.